The van der Waals surface area contributed by atoms with Crippen LogP contribution in [-0.4, -0.2) is 37.2 Å². The molecule has 0 aliphatic carbocycles. The van der Waals surface area contributed by atoms with Gasteiger partial charge < -0.3 is 19.2 Å². The Morgan fingerprint density at radius 1 is 1.00 bits per heavy atom. The van der Waals surface area contributed by atoms with Crippen molar-refractivity contribution in [3.63, 3.8) is 0 Å². The molecule has 0 fully saturated rings. The molecule has 2 rings (SSSR count). The molecule has 0 amide bonds. The second-order valence-corrected chi connectivity index (χ2v) is 4.59. The lowest BCUT2D eigenvalue weighted by molar-refractivity contribution is 0.0516. The van der Waals surface area contributed by atoms with Gasteiger partial charge in [-0.3, -0.25) is 0 Å². The van der Waals surface area contributed by atoms with Gasteiger partial charge in [0.05, 0.1) is 26.0 Å². The molecule has 0 spiro atoms. The van der Waals surface area contributed by atoms with Crippen LogP contribution in [-0.2, 0) is 9.47 Å². The van der Waals surface area contributed by atoms with E-state index in [2.05, 4.69) is 4.98 Å². The number of rotatable bonds is 6. The summed E-state index contributed by atoms with van der Waals surface area (Å²) in [4.78, 5) is 27.4. The van der Waals surface area contributed by atoms with Crippen molar-refractivity contribution in [3.05, 3.63) is 41.6 Å². The Bertz CT molecular complexity index is 691. The molecule has 23 heavy (non-hydrogen) atoms. The first kappa shape index (κ1) is 16.6. The molecule has 0 aliphatic rings. The van der Waals surface area contributed by atoms with Gasteiger partial charge in [0, 0.05) is 0 Å². The highest BCUT2D eigenvalue weighted by molar-refractivity contribution is 6.05. The number of carbonyl (C=O) groups is 2. The molecule has 6 heteroatoms. The zero-order valence-electron chi connectivity index (χ0n) is 13.3. The van der Waals surface area contributed by atoms with Crippen LogP contribution < -0.4 is 4.74 Å². The summed E-state index contributed by atoms with van der Waals surface area (Å²) in [6, 6.07) is 9.18. The molecule has 1 heterocycles. The Hall–Kier alpha value is -2.76. The summed E-state index contributed by atoms with van der Waals surface area (Å²) >= 11 is 0. The summed E-state index contributed by atoms with van der Waals surface area (Å²) < 4.78 is 15.4. The number of H-pyrrole nitrogens is 1. The van der Waals surface area contributed by atoms with Crippen LogP contribution in [0, 0.1) is 0 Å². The van der Waals surface area contributed by atoms with Crippen molar-refractivity contribution in [1.29, 1.82) is 0 Å². The number of hydrogen-bond acceptors (Lipinski definition) is 5. The summed E-state index contributed by atoms with van der Waals surface area (Å²) in [6.07, 6.45) is 0. The molecule has 0 bridgehead atoms. The second kappa shape index (κ2) is 7.49. The number of nitrogens with one attached hydrogen (secondary N) is 1. The van der Waals surface area contributed by atoms with Crippen molar-refractivity contribution in [2.75, 3.05) is 20.3 Å². The highest BCUT2D eigenvalue weighted by Crippen LogP contribution is 2.35. The van der Waals surface area contributed by atoms with Gasteiger partial charge >= 0.3 is 11.9 Å². The fourth-order valence-electron chi connectivity index (χ4n) is 2.25. The van der Waals surface area contributed by atoms with Crippen molar-refractivity contribution < 1.29 is 23.8 Å². The normalized spacial score (nSPS) is 10.2. The number of benzene rings is 1. The number of carbonyl (C=O) groups excluding carboxylic acids is 2. The van der Waals surface area contributed by atoms with Crippen molar-refractivity contribution in [2.45, 2.75) is 13.8 Å². The molecule has 0 unspecified atom stereocenters. The highest BCUT2D eigenvalue weighted by atomic mass is 16.5. The van der Waals surface area contributed by atoms with Crippen LogP contribution in [0.2, 0.25) is 0 Å². The summed E-state index contributed by atoms with van der Waals surface area (Å²) in [5, 5.41) is 0. The fraction of sp³-hybridized carbons (Fsp3) is 0.294. The van der Waals surface area contributed by atoms with Gasteiger partial charge in [-0.05, 0) is 19.4 Å². The van der Waals surface area contributed by atoms with E-state index in [0.717, 1.165) is 5.56 Å². The van der Waals surface area contributed by atoms with E-state index in [4.69, 9.17) is 14.2 Å². The first-order valence-corrected chi connectivity index (χ1v) is 7.33. The molecular formula is C17H19NO5. The first-order chi connectivity index (χ1) is 11.1. The van der Waals surface area contributed by atoms with E-state index in [-0.39, 0.29) is 30.2 Å². The molecule has 1 aromatic heterocycles. The Morgan fingerprint density at radius 3 is 2.17 bits per heavy atom. The van der Waals surface area contributed by atoms with E-state index in [1.54, 1.807) is 13.8 Å². The molecule has 2 aromatic rings. The highest BCUT2D eigenvalue weighted by Gasteiger charge is 2.29. The molecule has 6 nitrogen and oxygen atoms in total. The minimum absolute atomic E-state index is 0.0938. The third kappa shape index (κ3) is 3.36. The van der Waals surface area contributed by atoms with Gasteiger partial charge in [0.2, 0.25) is 0 Å². The van der Waals surface area contributed by atoms with Crippen LogP contribution in [0.25, 0.3) is 11.3 Å². The molecule has 0 aliphatic heterocycles. The fourth-order valence-corrected chi connectivity index (χ4v) is 2.25. The smallest absolute Gasteiger partial charge is 0.358 e. The van der Waals surface area contributed by atoms with Crippen LogP contribution in [0.15, 0.2) is 30.3 Å². The van der Waals surface area contributed by atoms with E-state index in [1.165, 1.54) is 7.11 Å². The SMILES string of the molecule is CCOC(=O)c1[nH]c(-c2ccccc2)c(C(=O)OCC)c1OC. The zero-order valence-corrected chi connectivity index (χ0v) is 13.3. The van der Waals surface area contributed by atoms with E-state index in [0.29, 0.717) is 5.69 Å². The van der Waals surface area contributed by atoms with Crippen LogP contribution >= 0.6 is 0 Å². The molecule has 122 valence electrons. The number of ether oxygens (including phenoxy) is 3. The predicted molar refractivity (Wildman–Crippen MR) is 84.7 cm³/mol. The summed E-state index contributed by atoms with van der Waals surface area (Å²) in [7, 11) is 1.39. The first-order valence-electron chi connectivity index (χ1n) is 7.33. The van der Waals surface area contributed by atoms with E-state index in [1.807, 2.05) is 30.3 Å². The lowest BCUT2D eigenvalue weighted by Crippen LogP contribution is -2.09. The van der Waals surface area contributed by atoms with Crippen LogP contribution in [0.4, 0.5) is 0 Å². The number of aromatic nitrogens is 1. The van der Waals surface area contributed by atoms with Gasteiger partial charge in [0.25, 0.3) is 0 Å². The van der Waals surface area contributed by atoms with Crippen LogP contribution in [0.3, 0.4) is 0 Å². The quantitative estimate of drug-likeness (QED) is 0.829. The summed E-state index contributed by atoms with van der Waals surface area (Å²) in [5.74, 6) is -1.02. The maximum absolute atomic E-state index is 12.3. The van der Waals surface area contributed by atoms with Gasteiger partial charge in [-0.25, -0.2) is 9.59 Å². The zero-order chi connectivity index (χ0) is 16.8. The lowest BCUT2D eigenvalue weighted by atomic mass is 10.1. The molecule has 0 saturated heterocycles. The topological polar surface area (TPSA) is 77.6 Å². The van der Waals surface area contributed by atoms with E-state index >= 15 is 0 Å². The standard InChI is InChI=1S/C17H19NO5/c1-4-22-16(19)12-13(11-9-7-6-8-10-11)18-14(15(12)21-3)17(20)23-5-2/h6-10,18H,4-5H2,1-3H3. The maximum Gasteiger partial charge on any atom is 0.358 e. The Morgan fingerprint density at radius 2 is 1.61 bits per heavy atom. The van der Waals surface area contributed by atoms with E-state index < -0.39 is 11.9 Å². The van der Waals surface area contributed by atoms with Crippen molar-refractivity contribution >= 4 is 11.9 Å². The Kier molecular flexibility index (Phi) is 5.41. The number of hydrogen-bond donors (Lipinski definition) is 1. The summed E-state index contributed by atoms with van der Waals surface area (Å²) in [5.41, 5.74) is 1.48. The van der Waals surface area contributed by atoms with Crippen LogP contribution in [0.5, 0.6) is 5.75 Å². The van der Waals surface area contributed by atoms with Gasteiger partial charge in [-0.15, -0.1) is 0 Å². The maximum atomic E-state index is 12.3. The molecule has 0 saturated carbocycles. The Labute approximate surface area is 134 Å². The molecule has 0 atom stereocenters. The summed E-state index contributed by atoms with van der Waals surface area (Å²) in [6.45, 7) is 3.86. The minimum atomic E-state index is -0.586. The predicted octanol–water partition coefficient (Wildman–Crippen LogP) is 3.04. The molecular weight excluding hydrogens is 298 g/mol. The third-order valence-electron chi connectivity index (χ3n) is 3.18. The van der Waals surface area contributed by atoms with Crippen LogP contribution in [0.1, 0.15) is 34.7 Å². The van der Waals surface area contributed by atoms with E-state index in [9.17, 15) is 9.59 Å². The van der Waals surface area contributed by atoms with Crippen molar-refractivity contribution in [3.8, 4) is 17.0 Å². The number of aromatic amines is 1. The van der Waals surface area contributed by atoms with Gasteiger partial charge in [0.15, 0.2) is 11.4 Å². The average molecular weight is 317 g/mol. The molecule has 1 N–H and O–H groups in total. The monoisotopic (exact) mass is 317 g/mol. The third-order valence-corrected chi connectivity index (χ3v) is 3.18. The van der Waals surface area contributed by atoms with Crippen molar-refractivity contribution in [1.82, 2.24) is 4.98 Å². The molecule has 1 aromatic carbocycles. The second-order valence-electron chi connectivity index (χ2n) is 4.59. The largest absolute Gasteiger partial charge is 0.493 e. The Balaban J connectivity index is 2.64. The van der Waals surface area contributed by atoms with Gasteiger partial charge in [-0.2, -0.15) is 0 Å². The average Bonchev–Trinajstić information content (AvgIpc) is 2.96. The number of esters is 2. The van der Waals surface area contributed by atoms with Gasteiger partial charge in [-0.1, -0.05) is 30.3 Å². The minimum Gasteiger partial charge on any atom is -0.493 e. The number of methoxy groups -OCH3 is 1. The molecule has 0 radical (unpaired) electrons. The lowest BCUT2D eigenvalue weighted by Gasteiger charge is -2.06. The van der Waals surface area contributed by atoms with Gasteiger partial charge in [0.1, 0.15) is 5.56 Å². The van der Waals surface area contributed by atoms with Crippen molar-refractivity contribution in [2.24, 2.45) is 0 Å².